The van der Waals surface area contributed by atoms with Crippen LogP contribution in [0.15, 0.2) is 133 Å². The molecular weight excluding hydrogens is 530 g/mol. The van der Waals surface area contributed by atoms with E-state index in [1.807, 2.05) is 96.5 Å². The third-order valence-corrected chi connectivity index (χ3v) is 8.31. The quantitative estimate of drug-likeness (QED) is 0.162. The van der Waals surface area contributed by atoms with Crippen molar-refractivity contribution >= 4 is 39.6 Å². The first-order chi connectivity index (χ1) is 21.1. The first kappa shape index (κ1) is 24.9. The number of hydrogen-bond donors (Lipinski definition) is 0. The number of carbonyl (C=O) groups is 2. The Morgan fingerprint density at radius 3 is 1.77 bits per heavy atom. The molecule has 2 aromatic heterocycles. The van der Waals surface area contributed by atoms with Crippen LogP contribution in [0.4, 0.5) is 0 Å². The molecule has 5 aromatic carbocycles. The lowest BCUT2D eigenvalue weighted by atomic mass is 10.0. The maximum atomic E-state index is 13.6. The van der Waals surface area contributed by atoms with Gasteiger partial charge in [-0.2, -0.15) is 0 Å². The second-order valence-corrected chi connectivity index (χ2v) is 10.8. The standard InChI is InChI=1S/C38H25N3O2/c1-40-33(26-18-16-25(17-19-26)24-10-4-2-5-11-24)23-34-38(40)39-35(41(34)29-14-6-3-7-15-29)22-32-36(42)30-20-27-12-8-9-13-28(27)21-31(30)37(32)43/h2-23H,1H3. The van der Waals surface area contributed by atoms with E-state index < -0.39 is 0 Å². The van der Waals surface area contributed by atoms with Gasteiger partial charge in [0.15, 0.2) is 17.2 Å². The van der Waals surface area contributed by atoms with Crippen LogP contribution < -0.4 is 0 Å². The fourth-order valence-electron chi connectivity index (χ4n) is 6.11. The molecule has 0 atom stereocenters. The summed E-state index contributed by atoms with van der Waals surface area (Å²) >= 11 is 0. The topological polar surface area (TPSA) is 56.9 Å². The lowest BCUT2D eigenvalue weighted by Crippen LogP contribution is -2.03. The summed E-state index contributed by atoms with van der Waals surface area (Å²) < 4.78 is 4.08. The smallest absolute Gasteiger partial charge is 0.197 e. The molecule has 204 valence electrons. The van der Waals surface area contributed by atoms with Crippen molar-refractivity contribution in [3.05, 3.63) is 150 Å². The first-order valence-electron chi connectivity index (χ1n) is 14.2. The van der Waals surface area contributed by atoms with Gasteiger partial charge in [-0.25, -0.2) is 4.98 Å². The highest BCUT2D eigenvalue weighted by molar-refractivity contribution is 6.42. The molecule has 5 heteroatoms. The Balaban J connectivity index is 1.25. The fourth-order valence-corrected chi connectivity index (χ4v) is 6.11. The van der Waals surface area contributed by atoms with Crippen molar-refractivity contribution in [3.63, 3.8) is 0 Å². The van der Waals surface area contributed by atoms with E-state index in [-0.39, 0.29) is 17.1 Å². The number of carbonyl (C=O) groups excluding carboxylic acids is 2. The number of benzene rings is 5. The summed E-state index contributed by atoms with van der Waals surface area (Å²) in [6.07, 6.45) is 1.65. The molecule has 0 bridgehead atoms. The van der Waals surface area contributed by atoms with Gasteiger partial charge in [-0.3, -0.25) is 14.2 Å². The van der Waals surface area contributed by atoms with Crippen LogP contribution in [0.2, 0.25) is 0 Å². The van der Waals surface area contributed by atoms with Gasteiger partial charge in [-0.05, 0) is 63.9 Å². The minimum Gasteiger partial charge on any atom is -0.327 e. The van der Waals surface area contributed by atoms with Gasteiger partial charge in [0.1, 0.15) is 5.82 Å². The van der Waals surface area contributed by atoms with Crippen molar-refractivity contribution in [3.8, 4) is 28.1 Å². The molecule has 0 spiro atoms. The van der Waals surface area contributed by atoms with Crippen LogP contribution >= 0.6 is 0 Å². The Labute approximate surface area is 248 Å². The summed E-state index contributed by atoms with van der Waals surface area (Å²) in [6.45, 7) is 0. The Morgan fingerprint density at radius 1 is 0.605 bits per heavy atom. The Bertz CT molecular complexity index is 2200. The van der Waals surface area contributed by atoms with E-state index in [2.05, 4.69) is 47.0 Å². The number of fused-ring (bicyclic) bond motifs is 3. The molecule has 5 nitrogen and oxygen atoms in total. The van der Waals surface area contributed by atoms with Crippen LogP contribution in [0, 0.1) is 0 Å². The van der Waals surface area contributed by atoms with Gasteiger partial charge in [0, 0.05) is 23.9 Å². The van der Waals surface area contributed by atoms with Crippen molar-refractivity contribution in [1.29, 1.82) is 0 Å². The van der Waals surface area contributed by atoms with Gasteiger partial charge in [0.2, 0.25) is 0 Å². The Kier molecular flexibility index (Phi) is 5.59. The summed E-state index contributed by atoms with van der Waals surface area (Å²) in [6, 6.07) is 42.3. The van der Waals surface area contributed by atoms with Gasteiger partial charge >= 0.3 is 0 Å². The van der Waals surface area contributed by atoms with Crippen LogP contribution in [-0.2, 0) is 7.05 Å². The van der Waals surface area contributed by atoms with Crippen molar-refractivity contribution < 1.29 is 9.59 Å². The molecule has 0 fully saturated rings. The number of imidazole rings is 1. The van der Waals surface area contributed by atoms with E-state index in [0.717, 1.165) is 44.4 Å². The molecule has 0 unspecified atom stereocenters. The molecule has 8 rings (SSSR count). The fraction of sp³-hybridized carbons (Fsp3) is 0.0263. The number of para-hydroxylation sites is 1. The normalized spacial score (nSPS) is 12.8. The lowest BCUT2D eigenvalue weighted by molar-refractivity contribution is 0.0990. The number of aromatic nitrogens is 3. The molecule has 1 aliphatic carbocycles. The number of nitrogens with zero attached hydrogens (tertiary/aromatic N) is 3. The minimum absolute atomic E-state index is 0.134. The van der Waals surface area contributed by atoms with E-state index in [4.69, 9.17) is 4.98 Å². The first-order valence-corrected chi connectivity index (χ1v) is 14.2. The predicted octanol–water partition coefficient (Wildman–Crippen LogP) is 8.31. The van der Waals surface area contributed by atoms with Crippen LogP contribution in [-0.4, -0.2) is 25.7 Å². The van der Waals surface area contributed by atoms with Crippen molar-refractivity contribution in [2.75, 3.05) is 0 Å². The maximum Gasteiger partial charge on any atom is 0.197 e. The molecule has 0 N–H and O–H groups in total. The summed E-state index contributed by atoms with van der Waals surface area (Å²) in [5.41, 5.74) is 8.00. The van der Waals surface area contributed by atoms with E-state index in [9.17, 15) is 9.59 Å². The molecule has 0 aliphatic heterocycles. The summed E-state index contributed by atoms with van der Waals surface area (Å²) in [5, 5.41) is 1.87. The van der Waals surface area contributed by atoms with E-state index in [1.165, 1.54) is 5.56 Å². The second-order valence-electron chi connectivity index (χ2n) is 10.8. The number of rotatable bonds is 4. The third kappa shape index (κ3) is 3.97. The molecular formula is C38H25N3O2. The van der Waals surface area contributed by atoms with Crippen molar-refractivity contribution in [2.24, 2.45) is 7.05 Å². The Morgan fingerprint density at radius 2 is 1.14 bits per heavy atom. The minimum atomic E-state index is -0.267. The number of aryl methyl sites for hydroxylation is 1. The van der Waals surface area contributed by atoms with E-state index in [1.54, 1.807) is 6.08 Å². The largest absolute Gasteiger partial charge is 0.327 e. The van der Waals surface area contributed by atoms with Crippen molar-refractivity contribution in [1.82, 2.24) is 14.1 Å². The monoisotopic (exact) mass is 555 g/mol. The van der Waals surface area contributed by atoms with E-state index in [0.29, 0.717) is 17.0 Å². The molecule has 0 radical (unpaired) electrons. The van der Waals surface area contributed by atoms with Gasteiger partial charge in [0.05, 0.1) is 16.8 Å². The SMILES string of the molecule is Cn1c(-c2ccc(-c3ccccc3)cc2)cc2c1nc(C=C1C(=O)c3cc4ccccc4cc3C1=O)n2-c1ccccc1. The molecule has 0 amide bonds. The van der Waals surface area contributed by atoms with Crippen LogP contribution in [0.1, 0.15) is 26.5 Å². The number of Topliss-reactive ketones (excluding diaryl/α,β-unsaturated/α-hetero) is 2. The van der Waals surface area contributed by atoms with Gasteiger partial charge < -0.3 is 4.57 Å². The number of hydrogen-bond acceptors (Lipinski definition) is 3. The second kappa shape index (κ2) is 9.64. The molecule has 0 saturated heterocycles. The van der Waals surface area contributed by atoms with Gasteiger partial charge in [-0.1, -0.05) is 97.1 Å². The molecule has 2 heterocycles. The van der Waals surface area contributed by atoms with Gasteiger partial charge in [-0.15, -0.1) is 0 Å². The predicted molar refractivity (Wildman–Crippen MR) is 171 cm³/mol. The molecule has 0 saturated carbocycles. The zero-order valence-electron chi connectivity index (χ0n) is 23.4. The highest BCUT2D eigenvalue weighted by Crippen LogP contribution is 2.35. The molecule has 1 aliphatic rings. The zero-order chi connectivity index (χ0) is 29.1. The molecule has 7 aromatic rings. The average Bonchev–Trinajstić information content (AvgIpc) is 3.65. The lowest BCUT2D eigenvalue weighted by Gasteiger charge is -2.08. The highest BCUT2D eigenvalue weighted by atomic mass is 16.2. The summed E-state index contributed by atoms with van der Waals surface area (Å²) in [5.74, 6) is 0.0000631. The maximum absolute atomic E-state index is 13.6. The van der Waals surface area contributed by atoms with Gasteiger partial charge in [0.25, 0.3) is 0 Å². The Hall–Kier alpha value is -5.81. The van der Waals surface area contributed by atoms with Crippen LogP contribution in [0.5, 0.6) is 0 Å². The zero-order valence-corrected chi connectivity index (χ0v) is 23.4. The number of allylic oxidation sites excluding steroid dienone is 1. The van der Waals surface area contributed by atoms with Crippen molar-refractivity contribution in [2.45, 2.75) is 0 Å². The number of ketones is 2. The average molecular weight is 556 g/mol. The van der Waals surface area contributed by atoms with Crippen LogP contribution in [0.25, 0.3) is 56.1 Å². The molecule has 43 heavy (non-hydrogen) atoms. The summed E-state index contributed by atoms with van der Waals surface area (Å²) in [7, 11) is 2.00. The van der Waals surface area contributed by atoms with E-state index >= 15 is 0 Å². The van der Waals surface area contributed by atoms with Crippen LogP contribution in [0.3, 0.4) is 0 Å². The summed E-state index contributed by atoms with van der Waals surface area (Å²) in [4.78, 5) is 32.1. The highest BCUT2D eigenvalue weighted by Gasteiger charge is 2.34. The third-order valence-electron chi connectivity index (χ3n) is 8.31.